The van der Waals surface area contributed by atoms with Gasteiger partial charge in [0.05, 0.1) is 12.0 Å². The molecule has 0 spiro atoms. The van der Waals surface area contributed by atoms with Crippen molar-refractivity contribution in [3.63, 3.8) is 0 Å². The summed E-state index contributed by atoms with van der Waals surface area (Å²) in [5, 5.41) is 18.2. The second-order valence-electron chi connectivity index (χ2n) is 1.48. The first-order valence-electron chi connectivity index (χ1n) is 2.23. The smallest absolute Gasteiger partial charge is 0.548 e. The van der Waals surface area contributed by atoms with Gasteiger partial charge >= 0.3 is 29.6 Å². The third-order valence-corrected chi connectivity index (χ3v) is 0.846. The SMILES string of the molecule is C[C@@H](C(=O)[O-])N(O)C=O.[Na+]. The van der Waals surface area contributed by atoms with Gasteiger partial charge in [-0.2, -0.15) is 0 Å². The van der Waals surface area contributed by atoms with E-state index in [4.69, 9.17) is 5.21 Å². The van der Waals surface area contributed by atoms with Gasteiger partial charge in [0.1, 0.15) is 0 Å². The predicted octanol–water partition coefficient (Wildman–Crippen LogP) is -5.02. The van der Waals surface area contributed by atoms with Crippen LogP contribution in [0, 0.1) is 0 Å². The molecular formula is C4H6NNaO4. The van der Waals surface area contributed by atoms with Gasteiger partial charge in [0, 0.05) is 0 Å². The maximum atomic E-state index is 9.83. The molecule has 0 aliphatic carbocycles. The Kier molecular flexibility index (Phi) is 7.12. The molecule has 0 heterocycles. The molecule has 0 aromatic carbocycles. The van der Waals surface area contributed by atoms with E-state index >= 15 is 0 Å². The van der Waals surface area contributed by atoms with Crippen LogP contribution in [0.4, 0.5) is 0 Å². The molecule has 1 atom stereocenters. The van der Waals surface area contributed by atoms with Gasteiger partial charge in [-0.3, -0.25) is 10.0 Å². The summed E-state index contributed by atoms with van der Waals surface area (Å²) in [4.78, 5) is 19.5. The van der Waals surface area contributed by atoms with E-state index in [2.05, 4.69) is 0 Å². The zero-order valence-electron chi connectivity index (χ0n) is 5.77. The fraction of sp³-hybridized carbons (Fsp3) is 0.500. The molecule has 1 amide bonds. The summed E-state index contributed by atoms with van der Waals surface area (Å²) in [7, 11) is 0. The average Bonchev–Trinajstić information content (AvgIpc) is 1.84. The summed E-state index contributed by atoms with van der Waals surface area (Å²) in [6.45, 7) is 1.13. The normalized spacial score (nSPS) is 11.0. The van der Waals surface area contributed by atoms with E-state index in [-0.39, 0.29) is 41.0 Å². The van der Waals surface area contributed by atoms with Crippen LogP contribution >= 0.6 is 0 Å². The number of hydrogen-bond donors (Lipinski definition) is 1. The van der Waals surface area contributed by atoms with Crippen LogP contribution < -0.4 is 34.7 Å². The van der Waals surface area contributed by atoms with Gasteiger partial charge in [0.15, 0.2) is 0 Å². The Balaban J connectivity index is 0. The monoisotopic (exact) mass is 155 g/mol. The molecule has 6 heteroatoms. The van der Waals surface area contributed by atoms with Crippen molar-refractivity contribution >= 4 is 12.4 Å². The zero-order valence-corrected chi connectivity index (χ0v) is 7.77. The van der Waals surface area contributed by atoms with Gasteiger partial charge in [-0.15, -0.1) is 0 Å². The summed E-state index contributed by atoms with van der Waals surface area (Å²) in [5.74, 6) is -1.50. The number of hydrogen-bond acceptors (Lipinski definition) is 4. The zero-order chi connectivity index (χ0) is 7.44. The first-order valence-corrected chi connectivity index (χ1v) is 2.23. The second-order valence-corrected chi connectivity index (χ2v) is 1.48. The van der Waals surface area contributed by atoms with Crippen molar-refractivity contribution in [1.82, 2.24) is 5.06 Å². The number of carboxylic acids is 1. The number of nitrogens with zero attached hydrogens (tertiary/aromatic N) is 1. The quantitative estimate of drug-likeness (QED) is 0.191. The summed E-state index contributed by atoms with van der Waals surface area (Å²) in [6.07, 6.45) is 0.000463. The fourth-order valence-electron chi connectivity index (χ4n) is 0.199. The van der Waals surface area contributed by atoms with Gasteiger partial charge in [-0.05, 0) is 6.92 Å². The third-order valence-electron chi connectivity index (χ3n) is 0.846. The van der Waals surface area contributed by atoms with Gasteiger partial charge in [0.2, 0.25) is 6.41 Å². The molecule has 5 nitrogen and oxygen atoms in total. The number of carbonyl (C=O) groups excluding carboxylic acids is 2. The third kappa shape index (κ3) is 3.84. The van der Waals surface area contributed by atoms with Gasteiger partial charge < -0.3 is 9.90 Å². The van der Waals surface area contributed by atoms with Gasteiger partial charge in [-0.1, -0.05) is 0 Å². The number of hydroxylamine groups is 2. The molecule has 0 bridgehead atoms. The second kappa shape index (κ2) is 5.67. The molecule has 0 fully saturated rings. The van der Waals surface area contributed by atoms with E-state index in [0.29, 0.717) is 0 Å². The average molecular weight is 155 g/mol. The van der Waals surface area contributed by atoms with Crippen LogP contribution in [0.15, 0.2) is 0 Å². The van der Waals surface area contributed by atoms with E-state index < -0.39 is 12.0 Å². The van der Waals surface area contributed by atoms with Crippen molar-refractivity contribution in [3.8, 4) is 0 Å². The molecule has 0 aliphatic rings. The van der Waals surface area contributed by atoms with Crippen LogP contribution in [0.25, 0.3) is 0 Å². The number of amides is 1. The summed E-state index contributed by atoms with van der Waals surface area (Å²) < 4.78 is 0. The molecular weight excluding hydrogens is 149 g/mol. The molecule has 0 rings (SSSR count). The van der Waals surface area contributed by atoms with Gasteiger partial charge in [0.25, 0.3) is 0 Å². The van der Waals surface area contributed by atoms with E-state index in [9.17, 15) is 14.7 Å². The van der Waals surface area contributed by atoms with E-state index in [0.717, 1.165) is 6.92 Å². The first-order chi connectivity index (χ1) is 4.09. The minimum absolute atomic E-state index is 0. The number of aliphatic carboxylic acids is 1. The number of carboxylic acid groups (broad SMARTS) is 1. The summed E-state index contributed by atoms with van der Waals surface area (Å²) in [5.41, 5.74) is 0. The van der Waals surface area contributed by atoms with E-state index in [1.54, 1.807) is 0 Å². The van der Waals surface area contributed by atoms with E-state index in [1.165, 1.54) is 0 Å². The maximum Gasteiger partial charge on any atom is 1.00 e. The molecule has 0 aliphatic heterocycles. The maximum absolute atomic E-state index is 9.83. The van der Waals surface area contributed by atoms with E-state index in [1.807, 2.05) is 0 Å². The van der Waals surface area contributed by atoms with Crippen LogP contribution in [0.2, 0.25) is 0 Å². The molecule has 0 aromatic rings. The Hall–Kier alpha value is -0.100. The number of rotatable bonds is 3. The fourth-order valence-corrected chi connectivity index (χ4v) is 0.199. The molecule has 0 radical (unpaired) electrons. The van der Waals surface area contributed by atoms with Crippen LogP contribution in [-0.2, 0) is 9.59 Å². The molecule has 0 aromatic heterocycles. The molecule has 0 saturated carbocycles. The molecule has 0 saturated heterocycles. The largest absolute Gasteiger partial charge is 1.00 e. The van der Waals surface area contributed by atoms with Crippen molar-refractivity contribution in [2.75, 3.05) is 0 Å². The standard InChI is InChI=1S/C4H7NO4.Na/c1-3(4(7)8)5(9)2-6;/h2-3,9H,1H3,(H,7,8);/q;+1/p-1/t3-;/m0./s1. The van der Waals surface area contributed by atoms with Crippen molar-refractivity contribution in [2.24, 2.45) is 0 Å². The predicted molar refractivity (Wildman–Crippen MR) is 24.2 cm³/mol. The molecule has 10 heavy (non-hydrogen) atoms. The van der Waals surface area contributed by atoms with Crippen LogP contribution in [0.3, 0.4) is 0 Å². The van der Waals surface area contributed by atoms with Crippen LogP contribution in [-0.4, -0.2) is 28.7 Å². The van der Waals surface area contributed by atoms with Crippen molar-refractivity contribution in [1.29, 1.82) is 0 Å². The molecule has 1 N–H and O–H groups in total. The van der Waals surface area contributed by atoms with Crippen molar-refractivity contribution in [2.45, 2.75) is 13.0 Å². The van der Waals surface area contributed by atoms with Crippen LogP contribution in [0.5, 0.6) is 0 Å². The minimum Gasteiger partial charge on any atom is -0.548 e. The Morgan fingerprint density at radius 2 is 2.20 bits per heavy atom. The Labute approximate surface area is 79.9 Å². The summed E-state index contributed by atoms with van der Waals surface area (Å²) >= 11 is 0. The van der Waals surface area contributed by atoms with Gasteiger partial charge in [-0.25, -0.2) is 5.06 Å². The first kappa shape index (κ1) is 12.6. The minimum atomic E-state index is -1.50. The number of carbonyl (C=O) groups is 2. The molecule has 0 unspecified atom stereocenters. The Bertz CT molecular complexity index is 128. The Morgan fingerprint density at radius 3 is 2.30 bits per heavy atom. The van der Waals surface area contributed by atoms with Crippen molar-refractivity contribution in [3.05, 3.63) is 0 Å². The van der Waals surface area contributed by atoms with Crippen molar-refractivity contribution < 1.29 is 49.5 Å². The Morgan fingerprint density at radius 1 is 1.80 bits per heavy atom. The molecule has 52 valence electrons. The topological polar surface area (TPSA) is 80.7 Å². The van der Waals surface area contributed by atoms with Crippen LogP contribution in [0.1, 0.15) is 6.92 Å². The summed E-state index contributed by atoms with van der Waals surface area (Å²) in [6, 6.07) is -1.29.